The van der Waals surface area contributed by atoms with Crippen LogP contribution >= 0.6 is 0 Å². The number of benzene rings is 3. The van der Waals surface area contributed by atoms with Crippen LogP contribution in [0.15, 0.2) is 48.5 Å². The van der Waals surface area contributed by atoms with Gasteiger partial charge in [0, 0.05) is 55.2 Å². The fourth-order valence-electron chi connectivity index (χ4n) is 4.40. The van der Waals surface area contributed by atoms with Gasteiger partial charge in [0.1, 0.15) is 24.2 Å². The Labute approximate surface area is 194 Å². The summed E-state index contributed by atoms with van der Waals surface area (Å²) in [5, 5.41) is 22.4. The fraction of sp³-hybridized carbons (Fsp3) is 0.385. The van der Waals surface area contributed by atoms with Gasteiger partial charge >= 0.3 is 0 Å². The fourth-order valence-corrected chi connectivity index (χ4v) is 4.40. The third-order valence-corrected chi connectivity index (χ3v) is 6.15. The van der Waals surface area contributed by atoms with E-state index in [1.165, 1.54) is 0 Å². The number of piperazine rings is 1. The smallest absolute Gasteiger partial charge is 0.162 e. The predicted octanol–water partition coefficient (Wildman–Crippen LogP) is 3.43. The Hall–Kier alpha value is -3.16. The second kappa shape index (κ2) is 10.2. The van der Waals surface area contributed by atoms with Gasteiger partial charge in [0.15, 0.2) is 11.5 Å². The minimum atomic E-state index is -0.607. The van der Waals surface area contributed by atoms with Crippen LogP contribution in [0.4, 0.5) is 5.69 Å². The van der Waals surface area contributed by atoms with Crippen LogP contribution < -0.4 is 19.1 Å². The molecule has 1 aliphatic heterocycles. The van der Waals surface area contributed by atoms with Gasteiger partial charge in [0.2, 0.25) is 0 Å². The van der Waals surface area contributed by atoms with Crippen molar-refractivity contribution in [2.75, 3.05) is 58.5 Å². The van der Waals surface area contributed by atoms with Crippen molar-refractivity contribution in [1.82, 2.24) is 4.90 Å². The molecule has 0 spiro atoms. The van der Waals surface area contributed by atoms with Gasteiger partial charge in [-0.3, -0.25) is 4.90 Å². The number of ether oxygens (including phenoxy) is 3. The molecule has 0 radical (unpaired) electrons. The van der Waals surface area contributed by atoms with Gasteiger partial charge in [-0.25, -0.2) is 0 Å². The lowest BCUT2D eigenvalue weighted by Gasteiger charge is -2.37. The minimum Gasteiger partial charge on any atom is -0.507 e. The molecule has 1 aliphatic rings. The van der Waals surface area contributed by atoms with E-state index in [4.69, 9.17) is 14.2 Å². The van der Waals surface area contributed by atoms with Crippen molar-refractivity contribution in [2.45, 2.75) is 13.0 Å². The van der Waals surface area contributed by atoms with Gasteiger partial charge in [-0.05, 0) is 30.7 Å². The summed E-state index contributed by atoms with van der Waals surface area (Å²) in [5.41, 5.74) is 1.95. The molecule has 1 unspecified atom stereocenters. The summed E-state index contributed by atoms with van der Waals surface area (Å²) in [6.45, 7) is 6.09. The monoisotopic (exact) mass is 452 g/mol. The average molecular weight is 453 g/mol. The molecule has 1 heterocycles. The standard InChI is InChI=1S/C26H32N2O5/c1-18-14-23(30)21-6-4-5-7-22(21)26(18)33-17-20(29)16-27-10-12-28(13-11-27)19-8-9-24(31-2)25(15-19)32-3/h4-9,14-15,20,29-30H,10-13,16-17H2,1-3H3. The average Bonchev–Trinajstić information content (AvgIpc) is 2.84. The molecule has 176 valence electrons. The number of phenols is 1. The van der Waals surface area contributed by atoms with Crippen molar-refractivity contribution in [3.63, 3.8) is 0 Å². The van der Waals surface area contributed by atoms with Crippen molar-refractivity contribution in [3.8, 4) is 23.0 Å². The molecule has 3 aromatic carbocycles. The Morgan fingerprint density at radius 1 is 0.909 bits per heavy atom. The Morgan fingerprint density at radius 2 is 1.61 bits per heavy atom. The van der Waals surface area contributed by atoms with Crippen molar-refractivity contribution in [2.24, 2.45) is 0 Å². The molecule has 3 aromatic rings. The topological polar surface area (TPSA) is 74.6 Å². The lowest BCUT2D eigenvalue weighted by atomic mass is 10.0. The summed E-state index contributed by atoms with van der Waals surface area (Å²) in [7, 11) is 3.28. The Bertz CT molecular complexity index is 1100. The Kier molecular flexibility index (Phi) is 7.11. The molecular weight excluding hydrogens is 420 g/mol. The number of β-amino-alcohol motifs (C(OH)–C–C–N with tert-alkyl or cyclic N) is 1. The summed E-state index contributed by atoms with van der Waals surface area (Å²) in [6, 6.07) is 15.3. The maximum absolute atomic E-state index is 10.6. The number of fused-ring (bicyclic) bond motifs is 1. The largest absolute Gasteiger partial charge is 0.507 e. The van der Waals surface area contributed by atoms with Crippen LogP contribution in [0.2, 0.25) is 0 Å². The highest BCUT2D eigenvalue weighted by Gasteiger charge is 2.21. The van der Waals surface area contributed by atoms with E-state index in [9.17, 15) is 10.2 Å². The second-order valence-corrected chi connectivity index (χ2v) is 8.38. The first-order valence-corrected chi connectivity index (χ1v) is 11.2. The lowest BCUT2D eigenvalue weighted by molar-refractivity contribution is 0.0666. The zero-order valence-corrected chi connectivity index (χ0v) is 19.5. The van der Waals surface area contributed by atoms with Crippen LogP contribution in [-0.2, 0) is 0 Å². The van der Waals surface area contributed by atoms with E-state index in [0.29, 0.717) is 12.3 Å². The molecule has 0 bridgehead atoms. The first kappa shape index (κ1) is 23.0. The van der Waals surface area contributed by atoms with Gasteiger partial charge in [-0.2, -0.15) is 0 Å². The van der Waals surface area contributed by atoms with Gasteiger partial charge in [-0.15, -0.1) is 0 Å². The Balaban J connectivity index is 1.31. The minimum absolute atomic E-state index is 0.200. The van der Waals surface area contributed by atoms with E-state index in [0.717, 1.165) is 59.7 Å². The molecular formula is C26H32N2O5. The molecule has 1 saturated heterocycles. The summed E-state index contributed by atoms with van der Waals surface area (Å²) >= 11 is 0. The van der Waals surface area contributed by atoms with Crippen LogP contribution in [-0.4, -0.2) is 74.8 Å². The van der Waals surface area contributed by atoms with E-state index >= 15 is 0 Å². The van der Waals surface area contributed by atoms with Crippen LogP contribution in [0.3, 0.4) is 0 Å². The zero-order valence-electron chi connectivity index (χ0n) is 19.5. The molecule has 7 nitrogen and oxygen atoms in total. The number of nitrogens with zero attached hydrogens (tertiary/aromatic N) is 2. The van der Waals surface area contributed by atoms with E-state index in [1.807, 2.05) is 49.4 Å². The number of phenolic OH excluding ortho intramolecular Hbond substituents is 1. The van der Waals surface area contributed by atoms with Crippen LogP contribution in [0.25, 0.3) is 10.8 Å². The Morgan fingerprint density at radius 3 is 2.30 bits per heavy atom. The molecule has 1 fully saturated rings. The number of hydrogen-bond donors (Lipinski definition) is 2. The number of anilines is 1. The van der Waals surface area contributed by atoms with E-state index < -0.39 is 6.10 Å². The second-order valence-electron chi connectivity index (χ2n) is 8.38. The third-order valence-electron chi connectivity index (χ3n) is 6.15. The van der Waals surface area contributed by atoms with Crippen LogP contribution in [0.1, 0.15) is 5.56 Å². The number of hydrogen-bond acceptors (Lipinski definition) is 7. The van der Waals surface area contributed by atoms with Gasteiger partial charge < -0.3 is 29.3 Å². The van der Waals surface area contributed by atoms with Gasteiger partial charge in [-0.1, -0.05) is 24.3 Å². The van der Waals surface area contributed by atoms with Crippen molar-refractivity contribution in [3.05, 3.63) is 54.1 Å². The number of methoxy groups -OCH3 is 2. The summed E-state index contributed by atoms with van der Waals surface area (Å²) in [6.07, 6.45) is -0.607. The number of rotatable bonds is 8. The van der Waals surface area contributed by atoms with Crippen LogP contribution in [0.5, 0.6) is 23.0 Å². The highest BCUT2D eigenvalue weighted by atomic mass is 16.5. The molecule has 0 aromatic heterocycles. The van der Waals surface area contributed by atoms with E-state index in [2.05, 4.69) is 9.80 Å². The number of aromatic hydroxyl groups is 1. The van der Waals surface area contributed by atoms with E-state index in [1.54, 1.807) is 20.3 Å². The summed E-state index contributed by atoms with van der Waals surface area (Å²) < 4.78 is 16.8. The molecule has 4 rings (SSSR count). The summed E-state index contributed by atoms with van der Waals surface area (Å²) in [5.74, 6) is 2.39. The third kappa shape index (κ3) is 5.10. The molecule has 7 heteroatoms. The number of aliphatic hydroxyl groups excluding tert-OH is 1. The van der Waals surface area contributed by atoms with Crippen molar-refractivity contribution >= 4 is 16.5 Å². The highest BCUT2D eigenvalue weighted by Crippen LogP contribution is 2.36. The van der Waals surface area contributed by atoms with Crippen LogP contribution in [0, 0.1) is 6.92 Å². The zero-order chi connectivity index (χ0) is 23.4. The molecule has 0 amide bonds. The highest BCUT2D eigenvalue weighted by molar-refractivity contribution is 5.94. The maximum Gasteiger partial charge on any atom is 0.162 e. The van der Waals surface area contributed by atoms with Crippen molar-refractivity contribution in [1.29, 1.82) is 0 Å². The van der Waals surface area contributed by atoms with Gasteiger partial charge in [0.25, 0.3) is 0 Å². The quantitative estimate of drug-likeness (QED) is 0.542. The molecule has 33 heavy (non-hydrogen) atoms. The summed E-state index contributed by atoms with van der Waals surface area (Å²) in [4.78, 5) is 4.57. The normalized spacial score (nSPS) is 15.5. The van der Waals surface area contributed by atoms with Crippen molar-refractivity contribution < 1.29 is 24.4 Å². The number of aryl methyl sites for hydroxylation is 1. The van der Waals surface area contributed by atoms with Gasteiger partial charge in [0.05, 0.1) is 14.2 Å². The molecule has 1 atom stereocenters. The molecule has 0 saturated carbocycles. The predicted molar refractivity (Wildman–Crippen MR) is 130 cm³/mol. The molecule has 2 N–H and O–H groups in total. The first-order chi connectivity index (χ1) is 16.0. The van der Waals surface area contributed by atoms with E-state index in [-0.39, 0.29) is 12.4 Å². The number of aliphatic hydroxyl groups is 1. The first-order valence-electron chi connectivity index (χ1n) is 11.2. The maximum atomic E-state index is 10.6. The SMILES string of the molecule is COc1ccc(N2CCN(CC(O)COc3c(C)cc(O)c4ccccc34)CC2)cc1OC. The molecule has 0 aliphatic carbocycles. The lowest BCUT2D eigenvalue weighted by Crippen LogP contribution is -2.49.